The van der Waals surface area contributed by atoms with Crippen LogP contribution in [-0.4, -0.2) is 24.9 Å². The second-order valence-electron chi connectivity index (χ2n) is 4.83. The van der Waals surface area contributed by atoms with E-state index >= 15 is 0 Å². The maximum absolute atomic E-state index is 10.5. The van der Waals surface area contributed by atoms with E-state index in [2.05, 4.69) is 15.9 Å². The molecule has 112 valence electrons. The summed E-state index contributed by atoms with van der Waals surface area (Å²) in [5.74, 6) is 1.60. The molecular weight excluding hydrogens is 338 g/mol. The summed E-state index contributed by atoms with van der Waals surface area (Å²) in [6.07, 6.45) is -0.816. The molecule has 1 aliphatic rings. The third kappa shape index (κ3) is 2.92. The van der Waals surface area contributed by atoms with Gasteiger partial charge in [-0.05, 0) is 45.8 Å². The van der Waals surface area contributed by atoms with Crippen LogP contribution < -0.4 is 15.2 Å². The Balaban J connectivity index is 1.89. The van der Waals surface area contributed by atoms with Gasteiger partial charge in [-0.2, -0.15) is 0 Å². The second-order valence-corrected chi connectivity index (χ2v) is 5.61. The summed E-state index contributed by atoms with van der Waals surface area (Å²) in [6, 6.07) is 9.09. The largest absolute Gasteiger partial charge is 0.486 e. The van der Waals surface area contributed by atoms with E-state index in [1.54, 1.807) is 12.1 Å². The average molecular weight is 354 g/mol. The van der Waals surface area contributed by atoms with E-state index in [1.807, 2.05) is 18.2 Å². The van der Waals surface area contributed by atoms with Crippen LogP contribution >= 0.6 is 15.9 Å². The molecule has 0 amide bonds. The molecule has 1 aromatic carbocycles. The van der Waals surface area contributed by atoms with Crippen molar-refractivity contribution in [2.24, 2.45) is 5.73 Å². The average Bonchev–Trinajstić information content (AvgIpc) is 2.94. The van der Waals surface area contributed by atoms with Gasteiger partial charge < -0.3 is 24.7 Å². The van der Waals surface area contributed by atoms with Crippen LogP contribution in [0.1, 0.15) is 23.3 Å². The van der Waals surface area contributed by atoms with Gasteiger partial charge in [0.25, 0.3) is 0 Å². The number of fused-ring (bicyclic) bond motifs is 1. The number of nitrogens with two attached hydrogens (primary N) is 1. The monoisotopic (exact) mass is 353 g/mol. The number of halogens is 1. The van der Waals surface area contributed by atoms with E-state index in [4.69, 9.17) is 19.6 Å². The minimum absolute atomic E-state index is 0.279. The van der Waals surface area contributed by atoms with E-state index in [9.17, 15) is 5.11 Å². The van der Waals surface area contributed by atoms with Crippen LogP contribution in [0.15, 0.2) is 39.4 Å². The summed E-state index contributed by atoms with van der Waals surface area (Å²) in [7, 11) is 0. The number of benzene rings is 1. The smallest absolute Gasteiger partial charge is 0.169 e. The van der Waals surface area contributed by atoms with Crippen LogP contribution in [0, 0.1) is 0 Å². The summed E-state index contributed by atoms with van der Waals surface area (Å²) in [5.41, 5.74) is 6.73. The van der Waals surface area contributed by atoms with Gasteiger partial charge in [0, 0.05) is 12.5 Å². The summed E-state index contributed by atoms with van der Waals surface area (Å²) in [5, 5.41) is 10.5. The molecule has 5 nitrogen and oxygen atoms in total. The van der Waals surface area contributed by atoms with Crippen LogP contribution in [0.4, 0.5) is 0 Å². The molecule has 0 spiro atoms. The predicted molar refractivity (Wildman–Crippen MR) is 80.6 cm³/mol. The van der Waals surface area contributed by atoms with Crippen molar-refractivity contribution >= 4 is 15.9 Å². The van der Waals surface area contributed by atoms with Gasteiger partial charge in [0.15, 0.2) is 16.2 Å². The minimum atomic E-state index is -0.816. The van der Waals surface area contributed by atoms with E-state index in [1.165, 1.54) is 0 Å². The fourth-order valence-corrected chi connectivity index (χ4v) is 2.74. The quantitative estimate of drug-likeness (QED) is 0.883. The number of rotatable bonds is 4. The zero-order valence-electron chi connectivity index (χ0n) is 11.3. The highest BCUT2D eigenvalue weighted by Crippen LogP contribution is 2.37. The highest BCUT2D eigenvalue weighted by molar-refractivity contribution is 9.10. The molecule has 2 unspecified atom stereocenters. The van der Waals surface area contributed by atoms with Crippen LogP contribution in [0.25, 0.3) is 0 Å². The molecule has 0 saturated carbocycles. The van der Waals surface area contributed by atoms with E-state index in [0.717, 1.165) is 11.3 Å². The highest BCUT2D eigenvalue weighted by Gasteiger charge is 2.26. The molecule has 3 N–H and O–H groups in total. The summed E-state index contributed by atoms with van der Waals surface area (Å²) in [4.78, 5) is 0. The molecule has 2 atom stereocenters. The lowest BCUT2D eigenvalue weighted by Gasteiger charge is -2.23. The van der Waals surface area contributed by atoms with Crippen molar-refractivity contribution in [3.05, 3.63) is 46.3 Å². The molecule has 0 saturated heterocycles. The van der Waals surface area contributed by atoms with Gasteiger partial charge in [-0.25, -0.2) is 0 Å². The zero-order chi connectivity index (χ0) is 14.8. The van der Waals surface area contributed by atoms with Gasteiger partial charge in [-0.3, -0.25) is 0 Å². The number of hydrogen-bond acceptors (Lipinski definition) is 5. The Morgan fingerprint density at radius 1 is 1.14 bits per heavy atom. The Morgan fingerprint density at radius 2 is 1.90 bits per heavy atom. The Bertz CT molecular complexity index is 628. The first kappa shape index (κ1) is 14.4. The summed E-state index contributed by atoms with van der Waals surface area (Å²) >= 11 is 3.23. The number of hydrogen-bond donors (Lipinski definition) is 2. The van der Waals surface area contributed by atoms with Gasteiger partial charge in [0.05, 0.1) is 0 Å². The normalized spacial score (nSPS) is 16.5. The highest BCUT2D eigenvalue weighted by atomic mass is 79.9. The molecule has 0 aliphatic carbocycles. The van der Waals surface area contributed by atoms with Crippen LogP contribution in [0.2, 0.25) is 0 Å². The third-order valence-electron chi connectivity index (χ3n) is 3.51. The van der Waals surface area contributed by atoms with Gasteiger partial charge in [0.2, 0.25) is 0 Å². The van der Waals surface area contributed by atoms with E-state index < -0.39 is 6.10 Å². The van der Waals surface area contributed by atoms with Crippen molar-refractivity contribution in [1.82, 2.24) is 0 Å². The number of aliphatic hydroxyl groups is 1. The lowest BCUT2D eigenvalue weighted by Crippen LogP contribution is -2.21. The molecule has 0 radical (unpaired) electrons. The maximum atomic E-state index is 10.5. The minimum Gasteiger partial charge on any atom is -0.486 e. The fraction of sp³-hybridized carbons (Fsp3) is 0.333. The first-order chi connectivity index (χ1) is 10.2. The summed E-state index contributed by atoms with van der Waals surface area (Å²) < 4.78 is 17.1. The molecule has 0 fully saturated rings. The Kier molecular flexibility index (Phi) is 4.19. The Labute approximate surface area is 130 Å². The molecule has 6 heteroatoms. The molecule has 2 heterocycles. The molecular formula is C15H16BrNO4. The van der Waals surface area contributed by atoms with Crippen LogP contribution in [0.5, 0.6) is 11.5 Å². The van der Waals surface area contributed by atoms with Gasteiger partial charge in [-0.15, -0.1) is 0 Å². The topological polar surface area (TPSA) is 77.9 Å². The van der Waals surface area contributed by atoms with Crippen molar-refractivity contribution in [3.63, 3.8) is 0 Å². The molecule has 1 aromatic heterocycles. The van der Waals surface area contributed by atoms with Crippen molar-refractivity contribution in [2.75, 3.05) is 19.8 Å². The maximum Gasteiger partial charge on any atom is 0.169 e. The second kappa shape index (κ2) is 6.09. The fourth-order valence-electron chi connectivity index (χ4n) is 2.42. The van der Waals surface area contributed by atoms with Crippen LogP contribution in [0.3, 0.4) is 0 Å². The molecule has 0 bridgehead atoms. The number of furan rings is 1. The first-order valence-corrected chi connectivity index (χ1v) is 7.51. The van der Waals surface area contributed by atoms with Crippen molar-refractivity contribution in [2.45, 2.75) is 12.0 Å². The van der Waals surface area contributed by atoms with Crippen molar-refractivity contribution in [1.29, 1.82) is 0 Å². The van der Waals surface area contributed by atoms with Crippen LogP contribution in [-0.2, 0) is 0 Å². The Morgan fingerprint density at radius 3 is 2.57 bits per heavy atom. The summed E-state index contributed by atoms with van der Waals surface area (Å²) in [6.45, 7) is 1.37. The lowest BCUT2D eigenvalue weighted by atomic mass is 9.91. The number of aliphatic hydroxyl groups excluding tert-OH is 1. The van der Waals surface area contributed by atoms with Gasteiger partial charge >= 0.3 is 0 Å². The number of ether oxygens (including phenoxy) is 2. The lowest BCUT2D eigenvalue weighted by molar-refractivity contribution is 0.120. The van der Waals surface area contributed by atoms with E-state index in [0.29, 0.717) is 35.9 Å². The van der Waals surface area contributed by atoms with Gasteiger partial charge in [0.1, 0.15) is 25.1 Å². The molecule has 21 heavy (non-hydrogen) atoms. The van der Waals surface area contributed by atoms with Crippen molar-refractivity contribution in [3.8, 4) is 11.5 Å². The zero-order valence-corrected chi connectivity index (χ0v) is 12.9. The molecule has 2 aromatic rings. The first-order valence-electron chi connectivity index (χ1n) is 6.72. The van der Waals surface area contributed by atoms with E-state index in [-0.39, 0.29) is 5.92 Å². The Hall–Kier alpha value is -1.50. The van der Waals surface area contributed by atoms with Gasteiger partial charge in [-0.1, -0.05) is 6.07 Å². The third-order valence-corrected chi connectivity index (χ3v) is 3.94. The predicted octanol–water partition coefficient (Wildman–Crippen LogP) is 2.59. The standard InChI is InChI=1S/C15H16BrNO4/c16-14-4-3-12(21-14)15(18)10(8-17)9-1-2-11-13(7-9)20-6-5-19-11/h1-4,7,10,15,18H,5-6,8,17H2. The molecule has 3 rings (SSSR count). The molecule has 1 aliphatic heterocycles. The van der Waals surface area contributed by atoms with Crippen molar-refractivity contribution < 1.29 is 19.0 Å². The SMILES string of the molecule is NCC(c1ccc2c(c1)OCCO2)C(O)c1ccc(Br)o1.